The molecule has 2 N–H and O–H groups in total. The number of hydrogen-bond acceptors (Lipinski definition) is 6. The molecule has 1 aromatic carbocycles. The number of rotatable bonds is 5. The first kappa shape index (κ1) is 15.9. The van der Waals surface area contributed by atoms with Crippen LogP contribution in [0.3, 0.4) is 0 Å². The predicted octanol–water partition coefficient (Wildman–Crippen LogP) is 1.87. The first-order chi connectivity index (χ1) is 10.4. The van der Waals surface area contributed by atoms with Crippen LogP contribution in [-0.2, 0) is 9.59 Å². The van der Waals surface area contributed by atoms with Crippen molar-refractivity contribution in [1.29, 1.82) is 0 Å². The van der Waals surface area contributed by atoms with Gasteiger partial charge in [-0.1, -0.05) is 12.1 Å². The van der Waals surface area contributed by atoms with Crippen molar-refractivity contribution in [2.45, 2.75) is 13.0 Å². The van der Waals surface area contributed by atoms with E-state index in [0.29, 0.717) is 11.3 Å². The van der Waals surface area contributed by atoms with Crippen LogP contribution >= 0.6 is 11.8 Å². The second kappa shape index (κ2) is 6.52. The van der Waals surface area contributed by atoms with Crippen LogP contribution in [0.5, 0.6) is 11.5 Å². The summed E-state index contributed by atoms with van der Waals surface area (Å²) in [5, 5.41) is 10.7. The molecular weight excluding hydrogens is 310 g/mol. The number of methoxy groups -OCH3 is 1. The van der Waals surface area contributed by atoms with Gasteiger partial charge < -0.3 is 14.6 Å². The number of hydrogen-bond donors (Lipinski definition) is 2. The molecule has 0 saturated carbocycles. The summed E-state index contributed by atoms with van der Waals surface area (Å²) in [6.45, 7) is 1.38. The fourth-order valence-electron chi connectivity index (χ4n) is 1.72. The Morgan fingerprint density at radius 2 is 2.14 bits per heavy atom. The van der Waals surface area contributed by atoms with Crippen LogP contribution in [0.2, 0.25) is 0 Å². The number of nitrogens with one attached hydrogen (secondary N) is 1. The van der Waals surface area contributed by atoms with Crippen LogP contribution in [0.4, 0.5) is 4.79 Å². The number of carboxylic acid groups (broad SMARTS) is 1. The highest BCUT2D eigenvalue weighted by atomic mass is 32.2. The molecular formula is C14H13NO6S. The lowest BCUT2D eigenvalue weighted by atomic mass is 10.1. The van der Waals surface area contributed by atoms with E-state index < -0.39 is 23.2 Å². The highest BCUT2D eigenvalue weighted by Crippen LogP contribution is 2.35. The van der Waals surface area contributed by atoms with Crippen molar-refractivity contribution in [1.82, 2.24) is 5.32 Å². The monoisotopic (exact) mass is 323 g/mol. The largest absolute Gasteiger partial charge is 0.493 e. The number of para-hydroxylation sites is 1. The Kier molecular flexibility index (Phi) is 4.71. The number of imide groups is 1. The number of aliphatic carboxylic acids is 1. The van der Waals surface area contributed by atoms with E-state index in [1.54, 1.807) is 18.2 Å². The minimum atomic E-state index is -1.13. The van der Waals surface area contributed by atoms with Gasteiger partial charge >= 0.3 is 5.97 Å². The summed E-state index contributed by atoms with van der Waals surface area (Å²) < 4.78 is 10.6. The SMILES string of the molecule is COc1cccc(/C=C2/SC(=O)NC2=O)c1OC(C)C(=O)O. The van der Waals surface area contributed by atoms with Gasteiger partial charge in [-0.2, -0.15) is 0 Å². The van der Waals surface area contributed by atoms with Gasteiger partial charge in [-0.25, -0.2) is 4.79 Å². The summed E-state index contributed by atoms with van der Waals surface area (Å²) in [4.78, 5) is 33.9. The van der Waals surface area contributed by atoms with E-state index >= 15 is 0 Å². The van der Waals surface area contributed by atoms with Crippen molar-refractivity contribution >= 4 is 35.0 Å². The Morgan fingerprint density at radius 1 is 1.41 bits per heavy atom. The van der Waals surface area contributed by atoms with Crippen LogP contribution < -0.4 is 14.8 Å². The topological polar surface area (TPSA) is 102 Å². The average Bonchev–Trinajstić information content (AvgIpc) is 2.78. The molecule has 1 heterocycles. The lowest BCUT2D eigenvalue weighted by Gasteiger charge is -2.16. The van der Waals surface area contributed by atoms with Crippen molar-refractivity contribution in [3.8, 4) is 11.5 Å². The van der Waals surface area contributed by atoms with E-state index in [2.05, 4.69) is 5.32 Å². The van der Waals surface area contributed by atoms with Gasteiger partial charge in [-0.15, -0.1) is 0 Å². The molecule has 0 bridgehead atoms. The fraction of sp³-hybridized carbons (Fsp3) is 0.214. The summed E-state index contributed by atoms with van der Waals surface area (Å²) in [5.41, 5.74) is 0.444. The van der Waals surface area contributed by atoms with Crippen LogP contribution in [0, 0.1) is 0 Å². The number of thioether (sulfide) groups is 1. The summed E-state index contributed by atoms with van der Waals surface area (Å²) in [7, 11) is 1.42. The molecule has 1 aliphatic heterocycles. The maximum atomic E-state index is 11.6. The fourth-order valence-corrected chi connectivity index (χ4v) is 2.40. The third-order valence-electron chi connectivity index (χ3n) is 2.80. The summed E-state index contributed by atoms with van der Waals surface area (Å²) >= 11 is 0.765. The molecule has 7 nitrogen and oxygen atoms in total. The number of carboxylic acids is 1. The highest BCUT2D eigenvalue weighted by Gasteiger charge is 2.26. The zero-order valence-corrected chi connectivity index (χ0v) is 12.6. The smallest absolute Gasteiger partial charge is 0.344 e. The number of ether oxygens (including phenoxy) is 2. The zero-order chi connectivity index (χ0) is 16.3. The van der Waals surface area contributed by atoms with Crippen molar-refractivity contribution in [2.24, 2.45) is 0 Å². The lowest BCUT2D eigenvalue weighted by molar-refractivity contribution is -0.144. The van der Waals surface area contributed by atoms with E-state index in [1.807, 2.05) is 0 Å². The van der Waals surface area contributed by atoms with Gasteiger partial charge in [0.2, 0.25) is 0 Å². The van der Waals surface area contributed by atoms with E-state index in [9.17, 15) is 14.4 Å². The van der Waals surface area contributed by atoms with Crippen LogP contribution in [0.25, 0.3) is 6.08 Å². The Balaban J connectivity index is 2.43. The molecule has 1 aliphatic rings. The van der Waals surface area contributed by atoms with Gasteiger partial charge in [0.05, 0.1) is 12.0 Å². The molecule has 8 heteroatoms. The standard InChI is InChI=1S/C14H13NO6S/c1-7(13(17)18)21-11-8(4-3-5-9(11)20-2)6-10-12(16)15-14(19)22-10/h3-7H,1-2H3,(H,17,18)(H,15,16,19)/b10-6+. The Labute approximate surface area is 130 Å². The normalized spacial score (nSPS) is 17.3. The van der Waals surface area contributed by atoms with Gasteiger partial charge in [0.1, 0.15) is 0 Å². The van der Waals surface area contributed by atoms with Gasteiger partial charge in [0.15, 0.2) is 17.6 Å². The van der Waals surface area contributed by atoms with Crippen LogP contribution in [-0.4, -0.2) is 35.4 Å². The third kappa shape index (κ3) is 3.40. The molecule has 0 spiro atoms. The highest BCUT2D eigenvalue weighted by molar-refractivity contribution is 8.18. The quantitative estimate of drug-likeness (QED) is 0.797. The molecule has 1 atom stereocenters. The van der Waals surface area contributed by atoms with Gasteiger partial charge in [0.25, 0.3) is 11.1 Å². The zero-order valence-electron chi connectivity index (χ0n) is 11.8. The molecule has 116 valence electrons. The molecule has 0 radical (unpaired) electrons. The molecule has 1 saturated heterocycles. The number of carbonyl (C=O) groups is 3. The Morgan fingerprint density at radius 3 is 2.68 bits per heavy atom. The average molecular weight is 323 g/mol. The van der Waals surface area contributed by atoms with Gasteiger partial charge in [-0.05, 0) is 30.8 Å². The minimum absolute atomic E-state index is 0.195. The first-order valence-corrected chi connectivity index (χ1v) is 7.05. The minimum Gasteiger partial charge on any atom is -0.493 e. The summed E-state index contributed by atoms with van der Waals surface area (Å²) in [6.07, 6.45) is 0.359. The predicted molar refractivity (Wildman–Crippen MR) is 79.8 cm³/mol. The van der Waals surface area contributed by atoms with E-state index in [0.717, 1.165) is 11.8 Å². The van der Waals surface area contributed by atoms with Crippen LogP contribution in [0.1, 0.15) is 12.5 Å². The van der Waals surface area contributed by atoms with E-state index in [-0.39, 0.29) is 10.7 Å². The third-order valence-corrected chi connectivity index (χ3v) is 3.61. The maximum Gasteiger partial charge on any atom is 0.344 e. The van der Waals surface area contributed by atoms with E-state index in [4.69, 9.17) is 14.6 Å². The molecule has 1 fully saturated rings. The number of benzene rings is 1. The maximum absolute atomic E-state index is 11.6. The molecule has 0 aliphatic carbocycles. The Bertz CT molecular complexity index is 669. The molecule has 2 rings (SSSR count). The summed E-state index contributed by atoms with van der Waals surface area (Å²) in [5.74, 6) is -1.11. The molecule has 1 unspecified atom stereocenters. The van der Waals surface area contributed by atoms with Gasteiger partial charge in [-0.3, -0.25) is 14.9 Å². The number of amides is 2. The number of carbonyl (C=O) groups excluding carboxylic acids is 2. The molecule has 2 amide bonds. The Hall–Kier alpha value is -2.48. The molecule has 0 aromatic heterocycles. The first-order valence-electron chi connectivity index (χ1n) is 6.23. The van der Waals surface area contributed by atoms with Crippen LogP contribution in [0.15, 0.2) is 23.1 Å². The summed E-state index contributed by atoms with van der Waals surface area (Å²) in [6, 6.07) is 4.91. The van der Waals surface area contributed by atoms with E-state index in [1.165, 1.54) is 20.1 Å². The van der Waals surface area contributed by atoms with Crippen molar-refractivity contribution in [3.05, 3.63) is 28.7 Å². The lowest BCUT2D eigenvalue weighted by Crippen LogP contribution is -2.23. The van der Waals surface area contributed by atoms with Crippen molar-refractivity contribution in [3.63, 3.8) is 0 Å². The van der Waals surface area contributed by atoms with Crippen molar-refractivity contribution < 1.29 is 29.0 Å². The molecule has 22 heavy (non-hydrogen) atoms. The molecule has 1 aromatic rings. The van der Waals surface area contributed by atoms with Gasteiger partial charge in [0, 0.05) is 5.56 Å². The second-order valence-electron chi connectivity index (χ2n) is 4.33. The van der Waals surface area contributed by atoms with Crippen molar-refractivity contribution in [2.75, 3.05) is 7.11 Å². The second-order valence-corrected chi connectivity index (χ2v) is 5.34.